The molecule has 2 aromatic rings. The van der Waals surface area contributed by atoms with Crippen LogP contribution in [0, 0.1) is 19.8 Å². The van der Waals surface area contributed by atoms with Crippen molar-refractivity contribution in [3.8, 4) is 0 Å². The van der Waals surface area contributed by atoms with Crippen LogP contribution >= 0.6 is 23.7 Å². The minimum atomic E-state index is -0.122. The van der Waals surface area contributed by atoms with Crippen LogP contribution in [0.5, 0.6) is 0 Å². The van der Waals surface area contributed by atoms with E-state index in [0.29, 0.717) is 36.5 Å². The number of nitrogens with two attached hydrogens (primary N) is 1. The number of hydrogen-bond acceptors (Lipinski definition) is 5. The van der Waals surface area contributed by atoms with Crippen LogP contribution in [0.15, 0.2) is 4.79 Å². The van der Waals surface area contributed by atoms with Crippen LogP contribution in [-0.4, -0.2) is 28.5 Å². The van der Waals surface area contributed by atoms with E-state index in [1.807, 2.05) is 13.8 Å². The number of hydrogen-bond donors (Lipinski definition) is 3. The minimum absolute atomic E-state index is 0. The maximum atomic E-state index is 12.2. The zero-order valence-corrected chi connectivity index (χ0v) is 15.5. The average molecular weight is 371 g/mol. The highest BCUT2D eigenvalue weighted by molar-refractivity contribution is 7.18. The van der Waals surface area contributed by atoms with Crippen molar-refractivity contribution in [3.05, 3.63) is 26.6 Å². The fourth-order valence-corrected chi connectivity index (χ4v) is 3.71. The summed E-state index contributed by atoms with van der Waals surface area (Å²) in [4.78, 5) is 33.2. The van der Waals surface area contributed by atoms with E-state index in [4.69, 9.17) is 5.73 Å². The molecule has 0 bridgehead atoms. The summed E-state index contributed by atoms with van der Waals surface area (Å²) in [5.74, 6) is 1.08. The standard InChI is InChI=1S/C16H22N4O2S.ClH/c1-8-9(2)23-16-14(8)15(22)19-12(20-16)5-6-13(21)18-7-11(17)10-3-4-10;/h10-11H,3-7,17H2,1-2H3,(H,18,21)(H,19,20,22);1H. The summed E-state index contributed by atoms with van der Waals surface area (Å²) in [6.07, 6.45) is 3.06. The van der Waals surface area contributed by atoms with Crippen molar-refractivity contribution in [2.45, 2.75) is 45.6 Å². The molecular weight excluding hydrogens is 348 g/mol. The van der Waals surface area contributed by atoms with E-state index in [2.05, 4.69) is 15.3 Å². The number of fused-ring (bicyclic) bond motifs is 1. The van der Waals surface area contributed by atoms with Crippen molar-refractivity contribution in [1.29, 1.82) is 0 Å². The Balaban J connectivity index is 0.00000208. The van der Waals surface area contributed by atoms with E-state index in [-0.39, 0.29) is 29.9 Å². The first-order valence-corrected chi connectivity index (χ1v) is 8.78. The van der Waals surface area contributed by atoms with Crippen molar-refractivity contribution in [2.24, 2.45) is 11.7 Å². The Morgan fingerprint density at radius 3 is 2.83 bits per heavy atom. The molecule has 4 N–H and O–H groups in total. The van der Waals surface area contributed by atoms with E-state index >= 15 is 0 Å². The van der Waals surface area contributed by atoms with Crippen molar-refractivity contribution in [1.82, 2.24) is 15.3 Å². The smallest absolute Gasteiger partial charge is 0.259 e. The third kappa shape index (κ3) is 4.15. The highest BCUT2D eigenvalue weighted by atomic mass is 35.5. The summed E-state index contributed by atoms with van der Waals surface area (Å²) in [6, 6.07) is 0.0605. The monoisotopic (exact) mass is 370 g/mol. The van der Waals surface area contributed by atoms with Gasteiger partial charge in [0, 0.05) is 30.3 Å². The quantitative estimate of drug-likeness (QED) is 0.721. The van der Waals surface area contributed by atoms with Crippen molar-refractivity contribution in [2.75, 3.05) is 6.54 Å². The fourth-order valence-electron chi connectivity index (χ4n) is 2.66. The highest BCUT2D eigenvalue weighted by Crippen LogP contribution is 2.31. The van der Waals surface area contributed by atoms with E-state index in [9.17, 15) is 9.59 Å². The van der Waals surface area contributed by atoms with Crippen LogP contribution in [0.2, 0.25) is 0 Å². The average Bonchev–Trinajstić information content (AvgIpc) is 3.30. The SMILES string of the molecule is Cc1sc2nc(CCC(=O)NCC(N)C3CC3)[nH]c(=O)c2c1C.Cl. The Labute approximate surface area is 150 Å². The molecule has 1 saturated carbocycles. The number of nitrogens with one attached hydrogen (secondary N) is 2. The lowest BCUT2D eigenvalue weighted by molar-refractivity contribution is -0.121. The number of halogens is 1. The molecule has 0 radical (unpaired) electrons. The normalized spacial score (nSPS) is 15.1. The molecule has 0 spiro atoms. The first kappa shape index (κ1) is 18.9. The van der Waals surface area contributed by atoms with Crippen molar-refractivity contribution >= 4 is 39.9 Å². The second kappa shape index (κ2) is 7.63. The minimum Gasteiger partial charge on any atom is -0.355 e. The molecule has 8 heteroatoms. The number of carbonyl (C=O) groups excluding carboxylic acids is 1. The molecule has 6 nitrogen and oxygen atoms in total. The summed E-state index contributed by atoms with van der Waals surface area (Å²) in [5, 5.41) is 3.52. The molecule has 1 aliphatic carbocycles. The van der Waals surface area contributed by atoms with Gasteiger partial charge < -0.3 is 16.0 Å². The number of aryl methyl sites for hydroxylation is 3. The van der Waals surface area contributed by atoms with Crippen LogP contribution < -0.4 is 16.6 Å². The highest BCUT2D eigenvalue weighted by Gasteiger charge is 2.28. The summed E-state index contributed by atoms with van der Waals surface area (Å²) in [5.41, 5.74) is 6.82. The summed E-state index contributed by atoms with van der Waals surface area (Å²) in [6.45, 7) is 4.44. The Morgan fingerprint density at radius 2 is 2.17 bits per heavy atom. The van der Waals surface area contributed by atoms with E-state index in [1.54, 1.807) is 0 Å². The second-order valence-corrected chi connectivity index (χ2v) is 7.48. The number of aromatic nitrogens is 2. The van der Waals surface area contributed by atoms with Gasteiger partial charge in [0.15, 0.2) is 0 Å². The Kier molecular flexibility index (Phi) is 6.01. The predicted octanol–water partition coefficient (Wildman–Crippen LogP) is 1.81. The first-order chi connectivity index (χ1) is 11.0. The third-order valence-electron chi connectivity index (χ3n) is 4.44. The van der Waals surface area contributed by atoms with Crippen LogP contribution in [0.25, 0.3) is 10.2 Å². The number of nitrogens with zero attached hydrogens (tertiary/aromatic N) is 1. The van der Waals surface area contributed by atoms with E-state index in [1.165, 1.54) is 24.2 Å². The fraction of sp³-hybridized carbons (Fsp3) is 0.562. The van der Waals surface area contributed by atoms with Gasteiger partial charge >= 0.3 is 0 Å². The molecule has 1 fully saturated rings. The molecule has 24 heavy (non-hydrogen) atoms. The van der Waals surface area contributed by atoms with Crippen LogP contribution in [0.4, 0.5) is 0 Å². The number of H-pyrrole nitrogens is 1. The Bertz CT molecular complexity index is 797. The summed E-state index contributed by atoms with van der Waals surface area (Å²) < 4.78 is 0. The van der Waals surface area contributed by atoms with E-state index in [0.717, 1.165) is 15.3 Å². The second-order valence-electron chi connectivity index (χ2n) is 6.28. The molecule has 0 aromatic carbocycles. The van der Waals surface area contributed by atoms with Gasteiger partial charge in [-0.1, -0.05) is 0 Å². The Hall–Kier alpha value is -1.44. The zero-order chi connectivity index (χ0) is 16.6. The van der Waals surface area contributed by atoms with Crippen molar-refractivity contribution in [3.63, 3.8) is 0 Å². The number of thiophene rings is 1. The first-order valence-electron chi connectivity index (χ1n) is 7.97. The van der Waals surface area contributed by atoms with Gasteiger partial charge in [0.2, 0.25) is 5.91 Å². The molecule has 2 aromatic heterocycles. The number of aromatic amines is 1. The van der Waals surface area contributed by atoms with E-state index < -0.39 is 0 Å². The number of amides is 1. The maximum absolute atomic E-state index is 12.2. The van der Waals surface area contributed by atoms with Gasteiger partial charge in [-0.25, -0.2) is 4.98 Å². The molecular formula is C16H23ClN4O2S. The summed E-state index contributed by atoms with van der Waals surface area (Å²) in [7, 11) is 0. The van der Waals surface area contributed by atoms with Gasteiger partial charge in [-0.3, -0.25) is 9.59 Å². The molecule has 1 atom stereocenters. The predicted molar refractivity (Wildman–Crippen MR) is 99.0 cm³/mol. The van der Waals surface area contributed by atoms with Crippen molar-refractivity contribution < 1.29 is 4.79 Å². The molecule has 132 valence electrons. The van der Waals surface area contributed by atoms with Gasteiger partial charge in [-0.05, 0) is 38.2 Å². The lowest BCUT2D eigenvalue weighted by Gasteiger charge is -2.11. The third-order valence-corrected chi connectivity index (χ3v) is 5.54. The zero-order valence-electron chi connectivity index (χ0n) is 13.8. The van der Waals surface area contributed by atoms with Gasteiger partial charge in [0.05, 0.1) is 5.39 Å². The lowest BCUT2D eigenvalue weighted by atomic mass is 10.2. The number of rotatable bonds is 6. The molecule has 3 rings (SSSR count). The lowest BCUT2D eigenvalue weighted by Crippen LogP contribution is -2.38. The van der Waals surface area contributed by atoms with Gasteiger partial charge in [-0.15, -0.1) is 23.7 Å². The van der Waals surface area contributed by atoms with Gasteiger partial charge in [0.25, 0.3) is 5.56 Å². The van der Waals surface area contributed by atoms with Gasteiger partial charge in [-0.2, -0.15) is 0 Å². The topological polar surface area (TPSA) is 101 Å². The molecule has 1 amide bonds. The van der Waals surface area contributed by atoms with Crippen LogP contribution in [0.1, 0.15) is 35.5 Å². The largest absolute Gasteiger partial charge is 0.355 e. The molecule has 0 saturated heterocycles. The maximum Gasteiger partial charge on any atom is 0.259 e. The number of carbonyl (C=O) groups is 1. The molecule has 2 heterocycles. The molecule has 1 aliphatic rings. The summed E-state index contributed by atoms with van der Waals surface area (Å²) >= 11 is 1.52. The Morgan fingerprint density at radius 1 is 1.46 bits per heavy atom. The van der Waals surface area contributed by atoms with Crippen LogP contribution in [0.3, 0.4) is 0 Å². The van der Waals surface area contributed by atoms with Gasteiger partial charge in [0.1, 0.15) is 10.7 Å². The molecule has 0 aliphatic heterocycles. The van der Waals surface area contributed by atoms with Crippen LogP contribution in [-0.2, 0) is 11.2 Å². The molecule has 1 unspecified atom stereocenters.